The van der Waals surface area contributed by atoms with Gasteiger partial charge in [-0.3, -0.25) is 0 Å². The van der Waals surface area contributed by atoms with Crippen LogP contribution >= 0.6 is 0 Å². The first-order valence-electron chi connectivity index (χ1n) is 6.68. The first kappa shape index (κ1) is 13.5. The molecule has 1 nitrogen and oxygen atoms in total. The summed E-state index contributed by atoms with van der Waals surface area (Å²) in [5.41, 5.74) is 9.16. The van der Waals surface area contributed by atoms with Gasteiger partial charge in [0.2, 0.25) is 0 Å². The van der Waals surface area contributed by atoms with Crippen molar-refractivity contribution in [2.24, 2.45) is 22.5 Å². The molecule has 1 aliphatic carbocycles. The zero-order chi connectivity index (χ0) is 13.7. The third-order valence-corrected chi connectivity index (χ3v) is 5.32. The summed E-state index contributed by atoms with van der Waals surface area (Å²) in [6.07, 6.45) is 0.837. The Morgan fingerprint density at radius 2 is 1.78 bits per heavy atom. The predicted molar refractivity (Wildman–Crippen MR) is 73.9 cm³/mol. The Balaban J connectivity index is 2.12. The molecule has 1 saturated carbocycles. The number of aryl methyl sites for hydroxylation is 1. The first-order valence-corrected chi connectivity index (χ1v) is 6.68. The van der Waals surface area contributed by atoms with E-state index in [1.165, 1.54) is 11.6 Å². The number of hydrogen-bond acceptors (Lipinski definition) is 1. The highest BCUT2D eigenvalue weighted by atomic mass is 19.1. The van der Waals surface area contributed by atoms with Gasteiger partial charge in [-0.05, 0) is 53.4 Å². The van der Waals surface area contributed by atoms with E-state index in [4.69, 9.17) is 5.73 Å². The lowest BCUT2D eigenvalue weighted by molar-refractivity contribution is 0.457. The molecule has 2 N–H and O–H groups in total. The maximum absolute atomic E-state index is 13.1. The van der Waals surface area contributed by atoms with E-state index in [0.717, 1.165) is 12.0 Å². The molecule has 0 spiro atoms. The number of benzene rings is 1. The van der Waals surface area contributed by atoms with Crippen molar-refractivity contribution in [2.75, 3.05) is 0 Å². The number of nitrogens with two attached hydrogens (primary N) is 1. The molecule has 0 heterocycles. The number of halogens is 1. The van der Waals surface area contributed by atoms with Crippen LogP contribution in [0.3, 0.4) is 0 Å². The summed E-state index contributed by atoms with van der Waals surface area (Å²) in [7, 11) is 0. The summed E-state index contributed by atoms with van der Waals surface area (Å²) >= 11 is 0. The summed E-state index contributed by atoms with van der Waals surface area (Å²) in [5.74, 6) is 0.367. The molecule has 0 radical (unpaired) electrons. The van der Waals surface area contributed by atoms with Gasteiger partial charge in [0.1, 0.15) is 5.82 Å². The van der Waals surface area contributed by atoms with Crippen LogP contribution in [0.1, 0.15) is 38.8 Å². The monoisotopic (exact) mass is 249 g/mol. The average Bonchev–Trinajstić information content (AvgIpc) is 2.62. The SMILES string of the molecule is Cc1cc(F)ccc1CC(N)C1C(C)(C)C1(C)C. The van der Waals surface area contributed by atoms with Crippen molar-refractivity contribution in [3.8, 4) is 0 Å². The predicted octanol–water partition coefficient (Wildman–Crippen LogP) is 3.69. The standard InChI is InChI=1S/C16H24FN/c1-10-8-12(17)7-6-11(10)9-13(18)14-15(2,3)16(14,4)5/h6-8,13-14H,9,18H2,1-5H3. The minimum atomic E-state index is -0.170. The maximum Gasteiger partial charge on any atom is 0.123 e. The Morgan fingerprint density at radius 3 is 2.22 bits per heavy atom. The van der Waals surface area contributed by atoms with E-state index in [1.807, 2.05) is 13.0 Å². The minimum absolute atomic E-state index is 0.152. The van der Waals surface area contributed by atoms with E-state index in [-0.39, 0.29) is 11.9 Å². The summed E-state index contributed by atoms with van der Waals surface area (Å²) < 4.78 is 13.1. The Hall–Kier alpha value is -0.890. The van der Waals surface area contributed by atoms with Gasteiger partial charge in [-0.1, -0.05) is 33.8 Å². The molecule has 0 saturated heterocycles. The lowest BCUT2D eigenvalue weighted by Gasteiger charge is -2.15. The van der Waals surface area contributed by atoms with E-state index in [9.17, 15) is 4.39 Å². The molecule has 100 valence electrons. The zero-order valence-electron chi connectivity index (χ0n) is 12.0. The molecule has 18 heavy (non-hydrogen) atoms. The summed E-state index contributed by atoms with van der Waals surface area (Å²) in [6, 6.07) is 5.13. The topological polar surface area (TPSA) is 26.0 Å². The molecule has 1 aromatic carbocycles. The Bertz CT molecular complexity index is 448. The van der Waals surface area contributed by atoms with Gasteiger partial charge in [-0.15, -0.1) is 0 Å². The molecule has 2 rings (SSSR count). The van der Waals surface area contributed by atoms with Gasteiger partial charge in [0.05, 0.1) is 0 Å². The molecule has 0 aromatic heterocycles. The lowest BCUT2D eigenvalue weighted by atomic mass is 9.95. The minimum Gasteiger partial charge on any atom is -0.327 e. The highest BCUT2D eigenvalue weighted by molar-refractivity contribution is 5.29. The zero-order valence-corrected chi connectivity index (χ0v) is 12.0. The van der Waals surface area contributed by atoms with Crippen LogP contribution < -0.4 is 5.73 Å². The van der Waals surface area contributed by atoms with Gasteiger partial charge in [-0.25, -0.2) is 4.39 Å². The Morgan fingerprint density at radius 1 is 1.22 bits per heavy atom. The summed E-state index contributed by atoms with van der Waals surface area (Å²) in [4.78, 5) is 0. The van der Waals surface area contributed by atoms with Crippen LogP contribution in [0.2, 0.25) is 0 Å². The van der Waals surface area contributed by atoms with Crippen LogP contribution in [-0.2, 0) is 6.42 Å². The summed E-state index contributed by atoms with van der Waals surface area (Å²) in [6.45, 7) is 11.1. The molecule has 1 aliphatic rings. The van der Waals surface area contributed by atoms with Gasteiger partial charge >= 0.3 is 0 Å². The van der Waals surface area contributed by atoms with Gasteiger partial charge < -0.3 is 5.73 Å². The maximum atomic E-state index is 13.1. The van der Waals surface area contributed by atoms with Crippen LogP contribution in [-0.4, -0.2) is 6.04 Å². The third-order valence-electron chi connectivity index (χ3n) is 5.32. The molecule has 2 heteroatoms. The van der Waals surface area contributed by atoms with E-state index in [1.54, 1.807) is 6.07 Å². The van der Waals surface area contributed by atoms with Gasteiger partial charge in [0.25, 0.3) is 0 Å². The molecule has 1 atom stereocenters. The fraction of sp³-hybridized carbons (Fsp3) is 0.625. The molecule has 1 fully saturated rings. The average molecular weight is 249 g/mol. The Labute approximate surface area is 110 Å². The molecular weight excluding hydrogens is 225 g/mol. The second-order valence-corrected chi connectivity index (χ2v) is 6.86. The van der Waals surface area contributed by atoms with Crippen LogP contribution in [0.5, 0.6) is 0 Å². The molecule has 1 aromatic rings. The van der Waals surface area contributed by atoms with Crippen molar-refractivity contribution in [1.82, 2.24) is 0 Å². The van der Waals surface area contributed by atoms with E-state index in [0.29, 0.717) is 16.7 Å². The van der Waals surface area contributed by atoms with Crippen LogP contribution in [0, 0.1) is 29.5 Å². The first-order chi connectivity index (χ1) is 8.18. The second kappa shape index (κ2) is 4.06. The lowest BCUT2D eigenvalue weighted by Crippen LogP contribution is -2.28. The fourth-order valence-electron chi connectivity index (χ4n) is 3.58. The van der Waals surface area contributed by atoms with E-state index in [2.05, 4.69) is 27.7 Å². The van der Waals surface area contributed by atoms with Crippen molar-refractivity contribution >= 4 is 0 Å². The molecule has 0 bridgehead atoms. The van der Waals surface area contributed by atoms with Gasteiger partial charge in [0.15, 0.2) is 0 Å². The second-order valence-electron chi connectivity index (χ2n) is 6.86. The normalized spacial score (nSPS) is 22.8. The van der Waals surface area contributed by atoms with Crippen molar-refractivity contribution < 1.29 is 4.39 Å². The van der Waals surface area contributed by atoms with Crippen molar-refractivity contribution in [3.05, 3.63) is 35.1 Å². The largest absolute Gasteiger partial charge is 0.327 e. The molecule has 0 amide bonds. The van der Waals surface area contributed by atoms with E-state index < -0.39 is 0 Å². The van der Waals surface area contributed by atoms with Crippen molar-refractivity contribution in [1.29, 1.82) is 0 Å². The quantitative estimate of drug-likeness (QED) is 0.868. The van der Waals surface area contributed by atoms with Gasteiger partial charge in [0, 0.05) is 6.04 Å². The molecule has 1 unspecified atom stereocenters. The van der Waals surface area contributed by atoms with Crippen molar-refractivity contribution in [2.45, 2.75) is 47.1 Å². The fourth-order valence-corrected chi connectivity index (χ4v) is 3.58. The van der Waals surface area contributed by atoms with Crippen LogP contribution in [0.25, 0.3) is 0 Å². The summed E-state index contributed by atoms with van der Waals surface area (Å²) in [5, 5.41) is 0. The van der Waals surface area contributed by atoms with E-state index >= 15 is 0 Å². The van der Waals surface area contributed by atoms with Crippen LogP contribution in [0.4, 0.5) is 4.39 Å². The van der Waals surface area contributed by atoms with Crippen LogP contribution in [0.15, 0.2) is 18.2 Å². The molecule has 0 aliphatic heterocycles. The Kier molecular flexibility index (Phi) is 3.05. The highest BCUT2D eigenvalue weighted by Gasteiger charge is 2.66. The van der Waals surface area contributed by atoms with Crippen molar-refractivity contribution in [3.63, 3.8) is 0 Å². The number of rotatable bonds is 3. The highest BCUT2D eigenvalue weighted by Crippen LogP contribution is 2.69. The van der Waals surface area contributed by atoms with Gasteiger partial charge in [-0.2, -0.15) is 0 Å². The third kappa shape index (κ3) is 1.97. The molecular formula is C16H24FN. The smallest absolute Gasteiger partial charge is 0.123 e. The number of hydrogen-bond donors (Lipinski definition) is 1.